The molecule has 1 atom stereocenters. The van der Waals surface area contributed by atoms with Gasteiger partial charge in [-0.1, -0.05) is 43.3 Å². The summed E-state index contributed by atoms with van der Waals surface area (Å²) in [5.41, 5.74) is 9.26. The number of rotatable bonds is 4. The highest BCUT2D eigenvalue weighted by Crippen LogP contribution is 2.28. The molecule has 2 aromatic carbocycles. The van der Waals surface area contributed by atoms with Crippen molar-refractivity contribution in [1.82, 2.24) is 0 Å². The normalized spacial score (nSPS) is 14.1. The summed E-state index contributed by atoms with van der Waals surface area (Å²) in [7, 11) is 0. The molecule has 0 fully saturated rings. The summed E-state index contributed by atoms with van der Waals surface area (Å²) >= 11 is 0. The molecule has 1 nitrogen and oxygen atoms in total. The van der Waals surface area contributed by atoms with E-state index < -0.39 is 5.54 Å². The van der Waals surface area contributed by atoms with Gasteiger partial charge < -0.3 is 5.73 Å². The number of halogens is 1. The van der Waals surface area contributed by atoms with Crippen LogP contribution in [0.5, 0.6) is 0 Å². The van der Waals surface area contributed by atoms with Gasteiger partial charge in [-0.15, -0.1) is 0 Å². The summed E-state index contributed by atoms with van der Waals surface area (Å²) in [5.74, 6) is -0.202. The van der Waals surface area contributed by atoms with Crippen LogP contribution in [-0.2, 0) is 12.0 Å². The highest BCUT2D eigenvalue weighted by atomic mass is 19.1. The molecule has 0 aliphatic heterocycles. The Hall–Kier alpha value is -1.67. The van der Waals surface area contributed by atoms with E-state index in [1.54, 1.807) is 6.07 Å². The molecule has 19 heavy (non-hydrogen) atoms. The average Bonchev–Trinajstić information content (AvgIpc) is 2.44. The molecular formula is C17H20FN. The van der Waals surface area contributed by atoms with Crippen LogP contribution in [0.3, 0.4) is 0 Å². The zero-order valence-electron chi connectivity index (χ0n) is 11.5. The summed E-state index contributed by atoms with van der Waals surface area (Å²) in [6, 6.07) is 14.9. The summed E-state index contributed by atoms with van der Waals surface area (Å²) in [4.78, 5) is 0. The zero-order chi connectivity index (χ0) is 13.9. The maximum absolute atomic E-state index is 13.4. The second-order valence-corrected chi connectivity index (χ2v) is 5.12. The Balaban J connectivity index is 2.36. The van der Waals surface area contributed by atoms with Gasteiger partial charge >= 0.3 is 0 Å². The Bertz CT molecular complexity index is 550. The highest BCUT2D eigenvalue weighted by Gasteiger charge is 2.26. The predicted octanol–water partition coefficient (Wildman–Crippen LogP) is 3.94. The van der Waals surface area contributed by atoms with Gasteiger partial charge in [0.15, 0.2) is 0 Å². The van der Waals surface area contributed by atoms with Crippen LogP contribution in [0.4, 0.5) is 4.39 Å². The fraction of sp³-hybridized carbons (Fsp3) is 0.294. The van der Waals surface area contributed by atoms with Crippen LogP contribution < -0.4 is 5.73 Å². The topological polar surface area (TPSA) is 26.0 Å². The monoisotopic (exact) mass is 257 g/mol. The van der Waals surface area contributed by atoms with E-state index in [4.69, 9.17) is 5.73 Å². The first kappa shape index (κ1) is 13.8. The Morgan fingerprint density at radius 3 is 2.42 bits per heavy atom. The number of hydrogen-bond acceptors (Lipinski definition) is 1. The SMILES string of the molecule is CCC(N)(Cc1cc(F)ccc1C)c1ccccc1. The van der Waals surface area contributed by atoms with Crippen molar-refractivity contribution < 1.29 is 4.39 Å². The van der Waals surface area contributed by atoms with E-state index in [1.807, 2.05) is 43.3 Å². The summed E-state index contributed by atoms with van der Waals surface area (Å²) in [6.45, 7) is 4.07. The molecule has 0 bridgehead atoms. The van der Waals surface area contributed by atoms with E-state index in [9.17, 15) is 4.39 Å². The van der Waals surface area contributed by atoms with Crippen LogP contribution in [-0.4, -0.2) is 0 Å². The van der Waals surface area contributed by atoms with Crippen LogP contribution in [0.1, 0.15) is 30.0 Å². The molecule has 0 spiro atoms. The van der Waals surface area contributed by atoms with Gasteiger partial charge in [0.1, 0.15) is 5.82 Å². The summed E-state index contributed by atoms with van der Waals surface area (Å²) in [6.07, 6.45) is 1.46. The van der Waals surface area contributed by atoms with Crippen LogP contribution in [0.15, 0.2) is 48.5 Å². The van der Waals surface area contributed by atoms with Gasteiger partial charge in [-0.3, -0.25) is 0 Å². The third kappa shape index (κ3) is 3.02. The zero-order valence-corrected chi connectivity index (χ0v) is 11.5. The van der Waals surface area contributed by atoms with Gasteiger partial charge in [0, 0.05) is 5.54 Å². The van der Waals surface area contributed by atoms with E-state index >= 15 is 0 Å². The van der Waals surface area contributed by atoms with Crippen LogP contribution in [0.2, 0.25) is 0 Å². The number of hydrogen-bond donors (Lipinski definition) is 1. The third-order valence-corrected chi connectivity index (χ3v) is 3.80. The average molecular weight is 257 g/mol. The fourth-order valence-corrected chi connectivity index (χ4v) is 2.37. The molecule has 0 aliphatic rings. The Labute approximate surface area is 114 Å². The van der Waals surface area contributed by atoms with Gasteiger partial charge in [0.25, 0.3) is 0 Å². The Morgan fingerprint density at radius 1 is 1.11 bits per heavy atom. The minimum Gasteiger partial charge on any atom is -0.321 e. The quantitative estimate of drug-likeness (QED) is 0.882. The first-order valence-electron chi connectivity index (χ1n) is 6.64. The molecule has 0 radical (unpaired) electrons. The lowest BCUT2D eigenvalue weighted by Crippen LogP contribution is -2.38. The van der Waals surface area contributed by atoms with Crippen molar-refractivity contribution in [2.45, 2.75) is 32.2 Å². The maximum atomic E-state index is 13.4. The van der Waals surface area contributed by atoms with Gasteiger partial charge in [-0.2, -0.15) is 0 Å². The first-order chi connectivity index (χ1) is 9.05. The van der Waals surface area contributed by atoms with Gasteiger partial charge in [0.05, 0.1) is 0 Å². The molecular weight excluding hydrogens is 237 g/mol. The molecule has 0 aliphatic carbocycles. The highest BCUT2D eigenvalue weighted by molar-refractivity contribution is 5.32. The smallest absolute Gasteiger partial charge is 0.123 e. The van der Waals surface area contributed by atoms with E-state index in [-0.39, 0.29) is 5.82 Å². The minimum absolute atomic E-state index is 0.202. The molecule has 0 heterocycles. The predicted molar refractivity (Wildman–Crippen MR) is 77.4 cm³/mol. The van der Waals surface area contributed by atoms with Crippen molar-refractivity contribution in [1.29, 1.82) is 0 Å². The van der Waals surface area contributed by atoms with Crippen molar-refractivity contribution in [3.05, 3.63) is 71.0 Å². The molecule has 2 aromatic rings. The second kappa shape index (κ2) is 5.54. The van der Waals surface area contributed by atoms with E-state index in [0.29, 0.717) is 6.42 Å². The van der Waals surface area contributed by atoms with Crippen molar-refractivity contribution in [3.8, 4) is 0 Å². The molecule has 1 unspecified atom stereocenters. The minimum atomic E-state index is -0.445. The number of nitrogens with two attached hydrogens (primary N) is 1. The second-order valence-electron chi connectivity index (χ2n) is 5.12. The van der Waals surface area contributed by atoms with Crippen molar-refractivity contribution >= 4 is 0 Å². The maximum Gasteiger partial charge on any atom is 0.123 e. The van der Waals surface area contributed by atoms with Crippen molar-refractivity contribution in [3.63, 3.8) is 0 Å². The molecule has 2 rings (SSSR count). The number of aryl methyl sites for hydroxylation is 1. The fourth-order valence-electron chi connectivity index (χ4n) is 2.37. The molecule has 0 saturated carbocycles. The third-order valence-electron chi connectivity index (χ3n) is 3.80. The van der Waals surface area contributed by atoms with Crippen LogP contribution in [0.25, 0.3) is 0 Å². The lowest BCUT2D eigenvalue weighted by Gasteiger charge is -2.29. The molecule has 2 heteroatoms. The van der Waals surface area contributed by atoms with Crippen molar-refractivity contribution in [2.24, 2.45) is 5.73 Å². The Morgan fingerprint density at radius 2 is 1.79 bits per heavy atom. The Kier molecular flexibility index (Phi) is 4.01. The lowest BCUT2D eigenvalue weighted by molar-refractivity contribution is 0.423. The summed E-state index contributed by atoms with van der Waals surface area (Å²) in [5, 5.41) is 0. The van der Waals surface area contributed by atoms with E-state index in [1.165, 1.54) is 6.07 Å². The van der Waals surface area contributed by atoms with Gasteiger partial charge in [-0.05, 0) is 48.6 Å². The first-order valence-corrected chi connectivity index (χ1v) is 6.64. The number of benzene rings is 2. The largest absolute Gasteiger partial charge is 0.321 e. The molecule has 100 valence electrons. The van der Waals surface area contributed by atoms with Crippen LogP contribution >= 0.6 is 0 Å². The lowest BCUT2D eigenvalue weighted by atomic mass is 9.81. The van der Waals surface area contributed by atoms with E-state index in [2.05, 4.69) is 6.92 Å². The van der Waals surface area contributed by atoms with Gasteiger partial charge in [0.2, 0.25) is 0 Å². The molecule has 2 N–H and O–H groups in total. The van der Waals surface area contributed by atoms with E-state index in [0.717, 1.165) is 23.1 Å². The molecule has 0 aromatic heterocycles. The van der Waals surface area contributed by atoms with Gasteiger partial charge in [-0.25, -0.2) is 4.39 Å². The van der Waals surface area contributed by atoms with Crippen molar-refractivity contribution in [2.75, 3.05) is 0 Å². The standard InChI is InChI=1S/C17H20FN/c1-3-17(19,15-7-5-4-6-8-15)12-14-11-16(18)10-9-13(14)2/h4-11H,3,12,19H2,1-2H3. The summed E-state index contributed by atoms with van der Waals surface area (Å²) < 4.78 is 13.4. The van der Waals surface area contributed by atoms with Crippen LogP contribution in [0, 0.1) is 12.7 Å². The molecule has 0 saturated heterocycles. The molecule has 0 amide bonds.